The lowest BCUT2D eigenvalue weighted by molar-refractivity contribution is 0.194. The summed E-state index contributed by atoms with van der Waals surface area (Å²) in [5, 5.41) is 3.17. The first kappa shape index (κ1) is 10.6. The smallest absolute Gasteiger partial charge is 0.0543 e. The van der Waals surface area contributed by atoms with Gasteiger partial charge < -0.3 is 10.1 Å². The van der Waals surface area contributed by atoms with Crippen molar-refractivity contribution in [3.63, 3.8) is 0 Å². The number of hydrogen-bond acceptors (Lipinski definition) is 3. The summed E-state index contributed by atoms with van der Waals surface area (Å²) >= 11 is 5.52. The van der Waals surface area contributed by atoms with Gasteiger partial charge in [-0.15, -0.1) is 11.3 Å². The van der Waals surface area contributed by atoms with Crippen molar-refractivity contribution >= 4 is 27.3 Å². The maximum atomic E-state index is 5.41. The van der Waals surface area contributed by atoms with E-state index in [9.17, 15) is 0 Å². The molecule has 1 aromatic heterocycles. The van der Waals surface area contributed by atoms with Gasteiger partial charge in [-0.2, -0.15) is 0 Å². The standard InChI is InChI=1S/C10H14BrNOS/c1-12-5-8-4-9(11)10(14-8)7-2-3-13-6-7/h4,7,12H,2-3,5-6H2,1H3. The van der Waals surface area contributed by atoms with Gasteiger partial charge in [-0.1, -0.05) is 0 Å². The van der Waals surface area contributed by atoms with E-state index in [2.05, 4.69) is 27.3 Å². The summed E-state index contributed by atoms with van der Waals surface area (Å²) < 4.78 is 6.66. The second-order valence-corrected chi connectivity index (χ2v) is 5.54. The van der Waals surface area contributed by atoms with Crippen molar-refractivity contribution in [3.8, 4) is 0 Å². The molecule has 0 bridgehead atoms. The van der Waals surface area contributed by atoms with Crippen LogP contribution in [0.5, 0.6) is 0 Å². The number of hydrogen-bond donors (Lipinski definition) is 1. The monoisotopic (exact) mass is 275 g/mol. The Labute approximate surface area is 96.8 Å². The SMILES string of the molecule is CNCc1cc(Br)c(C2CCOC2)s1. The van der Waals surface area contributed by atoms with E-state index in [0.29, 0.717) is 5.92 Å². The maximum Gasteiger partial charge on any atom is 0.0543 e. The number of thiophene rings is 1. The van der Waals surface area contributed by atoms with Crippen LogP contribution in [-0.4, -0.2) is 20.3 Å². The number of ether oxygens (including phenoxy) is 1. The lowest BCUT2D eigenvalue weighted by Crippen LogP contribution is -2.02. The summed E-state index contributed by atoms with van der Waals surface area (Å²) in [6, 6.07) is 2.22. The van der Waals surface area contributed by atoms with Gasteiger partial charge in [-0.05, 0) is 35.5 Å². The first-order valence-corrected chi connectivity index (χ1v) is 6.42. The quantitative estimate of drug-likeness (QED) is 0.916. The number of nitrogens with one attached hydrogen (secondary N) is 1. The van der Waals surface area contributed by atoms with Crippen LogP contribution in [0.2, 0.25) is 0 Å². The molecule has 0 amide bonds. The predicted molar refractivity (Wildman–Crippen MR) is 63.0 cm³/mol. The van der Waals surface area contributed by atoms with Gasteiger partial charge in [-0.25, -0.2) is 0 Å². The highest BCUT2D eigenvalue weighted by Crippen LogP contribution is 2.37. The molecule has 1 N–H and O–H groups in total. The molecule has 0 saturated carbocycles. The van der Waals surface area contributed by atoms with E-state index in [1.165, 1.54) is 14.2 Å². The summed E-state index contributed by atoms with van der Waals surface area (Å²) in [7, 11) is 1.98. The molecule has 14 heavy (non-hydrogen) atoms. The molecule has 0 spiro atoms. The predicted octanol–water partition coefficient (Wildman–Crippen LogP) is 2.73. The topological polar surface area (TPSA) is 21.3 Å². The van der Waals surface area contributed by atoms with Crippen molar-refractivity contribution in [2.75, 3.05) is 20.3 Å². The third-order valence-corrected chi connectivity index (χ3v) is 4.63. The molecule has 0 radical (unpaired) electrons. The fourth-order valence-corrected chi connectivity index (χ4v) is 3.89. The van der Waals surface area contributed by atoms with E-state index >= 15 is 0 Å². The molecule has 0 aliphatic carbocycles. The summed E-state index contributed by atoms with van der Waals surface area (Å²) in [6.45, 7) is 2.76. The Hall–Kier alpha value is 0.1000. The van der Waals surface area contributed by atoms with E-state index in [-0.39, 0.29) is 0 Å². The van der Waals surface area contributed by atoms with Gasteiger partial charge in [-0.3, -0.25) is 0 Å². The molecular weight excluding hydrogens is 262 g/mol. The Morgan fingerprint density at radius 2 is 2.57 bits per heavy atom. The largest absolute Gasteiger partial charge is 0.381 e. The number of rotatable bonds is 3. The highest BCUT2D eigenvalue weighted by atomic mass is 79.9. The Bertz CT molecular complexity index is 307. The minimum atomic E-state index is 0.611. The van der Waals surface area contributed by atoms with Crippen LogP contribution in [0.3, 0.4) is 0 Å². The van der Waals surface area contributed by atoms with Crippen molar-refractivity contribution < 1.29 is 4.74 Å². The molecule has 2 rings (SSSR count). The van der Waals surface area contributed by atoms with E-state index < -0.39 is 0 Å². The molecule has 1 saturated heterocycles. The first-order chi connectivity index (χ1) is 6.81. The zero-order valence-electron chi connectivity index (χ0n) is 8.18. The summed E-state index contributed by atoms with van der Waals surface area (Å²) in [4.78, 5) is 2.84. The molecule has 2 nitrogen and oxygen atoms in total. The zero-order valence-corrected chi connectivity index (χ0v) is 10.6. The normalized spacial score (nSPS) is 21.7. The van der Waals surface area contributed by atoms with E-state index in [1.807, 2.05) is 18.4 Å². The molecule has 1 aliphatic heterocycles. The van der Waals surface area contributed by atoms with Crippen LogP contribution in [0.4, 0.5) is 0 Å². The van der Waals surface area contributed by atoms with Gasteiger partial charge in [0.05, 0.1) is 6.61 Å². The van der Waals surface area contributed by atoms with Crippen molar-refractivity contribution in [3.05, 3.63) is 20.3 Å². The average molecular weight is 276 g/mol. The Balaban J connectivity index is 2.15. The second kappa shape index (κ2) is 4.75. The highest BCUT2D eigenvalue weighted by Gasteiger charge is 2.22. The average Bonchev–Trinajstić information content (AvgIpc) is 2.74. The lowest BCUT2D eigenvalue weighted by Gasteiger charge is -2.04. The van der Waals surface area contributed by atoms with Crippen molar-refractivity contribution in [2.24, 2.45) is 0 Å². The molecule has 0 aromatic carbocycles. The molecule has 2 heterocycles. The Morgan fingerprint density at radius 1 is 1.71 bits per heavy atom. The van der Waals surface area contributed by atoms with E-state index in [0.717, 1.165) is 26.2 Å². The molecule has 1 fully saturated rings. The summed E-state index contributed by atoms with van der Waals surface area (Å²) in [6.07, 6.45) is 1.16. The van der Waals surface area contributed by atoms with Crippen LogP contribution in [0.25, 0.3) is 0 Å². The van der Waals surface area contributed by atoms with Gasteiger partial charge in [0.15, 0.2) is 0 Å². The van der Waals surface area contributed by atoms with E-state index in [4.69, 9.17) is 4.74 Å². The van der Waals surface area contributed by atoms with Crippen LogP contribution in [0.1, 0.15) is 22.1 Å². The van der Waals surface area contributed by atoms with Crippen LogP contribution < -0.4 is 5.32 Å². The third kappa shape index (κ3) is 2.19. The second-order valence-electron chi connectivity index (χ2n) is 3.52. The molecule has 78 valence electrons. The molecular formula is C10H14BrNOS. The van der Waals surface area contributed by atoms with Gasteiger partial charge in [0.2, 0.25) is 0 Å². The molecule has 1 aliphatic rings. The van der Waals surface area contributed by atoms with Crippen LogP contribution in [-0.2, 0) is 11.3 Å². The summed E-state index contributed by atoms with van der Waals surface area (Å²) in [5.41, 5.74) is 0. The highest BCUT2D eigenvalue weighted by molar-refractivity contribution is 9.10. The lowest BCUT2D eigenvalue weighted by atomic mass is 10.1. The number of halogens is 1. The summed E-state index contributed by atoms with van der Waals surface area (Å²) in [5.74, 6) is 0.611. The van der Waals surface area contributed by atoms with Gasteiger partial charge in [0.25, 0.3) is 0 Å². The molecule has 1 atom stereocenters. The Kier molecular flexibility index (Phi) is 3.60. The molecule has 1 unspecified atom stereocenters. The van der Waals surface area contributed by atoms with Crippen molar-refractivity contribution in [1.29, 1.82) is 0 Å². The molecule has 1 aromatic rings. The molecule has 4 heteroatoms. The van der Waals surface area contributed by atoms with Crippen molar-refractivity contribution in [2.45, 2.75) is 18.9 Å². The van der Waals surface area contributed by atoms with Crippen LogP contribution in [0.15, 0.2) is 10.5 Å². The van der Waals surface area contributed by atoms with E-state index in [1.54, 1.807) is 0 Å². The fraction of sp³-hybridized carbons (Fsp3) is 0.600. The minimum absolute atomic E-state index is 0.611. The minimum Gasteiger partial charge on any atom is -0.381 e. The zero-order chi connectivity index (χ0) is 9.97. The van der Waals surface area contributed by atoms with Crippen LogP contribution in [0, 0.1) is 0 Å². The van der Waals surface area contributed by atoms with Crippen molar-refractivity contribution in [1.82, 2.24) is 5.32 Å². The van der Waals surface area contributed by atoms with Gasteiger partial charge >= 0.3 is 0 Å². The van der Waals surface area contributed by atoms with Crippen LogP contribution >= 0.6 is 27.3 Å². The maximum absolute atomic E-state index is 5.41. The first-order valence-electron chi connectivity index (χ1n) is 4.81. The van der Waals surface area contributed by atoms with Gasteiger partial charge in [0, 0.05) is 33.3 Å². The van der Waals surface area contributed by atoms with Gasteiger partial charge in [0.1, 0.15) is 0 Å². The Morgan fingerprint density at radius 3 is 3.21 bits per heavy atom. The fourth-order valence-electron chi connectivity index (χ4n) is 1.71. The third-order valence-electron chi connectivity index (χ3n) is 2.42.